The summed E-state index contributed by atoms with van der Waals surface area (Å²) in [6, 6.07) is 0. The van der Waals surface area contributed by atoms with Crippen molar-refractivity contribution in [1.29, 1.82) is 0 Å². The average molecular weight is 256 g/mol. The van der Waals surface area contributed by atoms with Crippen LogP contribution < -0.4 is 0 Å². The van der Waals surface area contributed by atoms with Crippen LogP contribution >= 0.6 is 0 Å². The predicted octanol–water partition coefficient (Wildman–Crippen LogP) is 2.87. The monoisotopic (exact) mass is 256 g/mol. The van der Waals surface area contributed by atoms with Crippen LogP contribution in [0.1, 0.15) is 45.4 Å². The summed E-state index contributed by atoms with van der Waals surface area (Å²) in [7, 11) is 2.63. The van der Waals surface area contributed by atoms with Crippen molar-refractivity contribution in [3.05, 3.63) is 12.2 Å². The quantitative estimate of drug-likeness (QED) is 0.361. The van der Waals surface area contributed by atoms with Gasteiger partial charge in [-0.05, 0) is 12.8 Å². The zero-order valence-electron chi connectivity index (χ0n) is 11.6. The molecular weight excluding hydrogens is 232 g/mol. The van der Waals surface area contributed by atoms with Gasteiger partial charge in [-0.15, -0.1) is 0 Å². The number of carbonyl (C=O) groups excluding carboxylic acids is 2. The molecule has 4 heteroatoms. The first-order chi connectivity index (χ1) is 8.65. The Morgan fingerprint density at radius 3 is 2.39 bits per heavy atom. The number of rotatable bonds is 9. The number of hydrogen-bond acceptors (Lipinski definition) is 4. The van der Waals surface area contributed by atoms with E-state index in [1.165, 1.54) is 33.5 Å². The van der Waals surface area contributed by atoms with Crippen LogP contribution in [0.3, 0.4) is 0 Å². The van der Waals surface area contributed by atoms with Crippen LogP contribution in [-0.2, 0) is 19.1 Å². The summed E-state index contributed by atoms with van der Waals surface area (Å²) < 4.78 is 9.21. The van der Waals surface area contributed by atoms with Gasteiger partial charge in [-0.25, -0.2) is 0 Å². The third-order valence-corrected chi connectivity index (χ3v) is 2.71. The van der Waals surface area contributed by atoms with Gasteiger partial charge in [-0.1, -0.05) is 38.3 Å². The Kier molecular flexibility index (Phi) is 10.0. The van der Waals surface area contributed by atoms with Crippen molar-refractivity contribution in [1.82, 2.24) is 0 Å². The molecule has 0 aliphatic rings. The maximum atomic E-state index is 11.4. The lowest BCUT2D eigenvalue weighted by molar-refractivity contribution is -0.150. The van der Waals surface area contributed by atoms with E-state index in [1.807, 2.05) is 6.08 Å². The Labute approximate surface area is 109 Å². The molecule has 0 fully saturated rings. The standard InChI is InChI=1S/C14H24O4/c1-4-5-6-7-8-9-10-12(14(16)18-3)11-13(15)17-2/h9-10,12H,4-8,11H2,1-3H3/b10-9+. The summed E-state index contributed by atoms with van der Waals surface area (Å²) in [5.41, 5.74) is 0. The van der Waals surface area contributed by atoms with Crippen LogP contribution in [0.25, 0.3) is 0 Å². The number of allylic oxidation sites excluding steroid dienone is 1. The highest BCUT2D eigenvalue weighted by Crippen LogP contribution is 2.11. The second-order valence-corrected chi connectivity index (χ2v) is 4.19. The van der Waals surface area contributed by atoms with Gasteiger partial charge in [0.1, 0.15) is 0 Å². The van der Waals surface area contributed by atoms with Crippen LogP contribution in [0.2, 0.25) is 0 Å². The summed E-state index contributed by atoms with van der Waals surface area (Å²) in [5, 5.41) is 0. The van der Waals surface area contributed by atoms with Crippen LogP contribution in [0.5, 0.6) is 0 Å². The van der Waals surface area contributed by atoms with Crippen molar-refractivity contribution >= 4 is 11.9 Å². The highest BCUT2D eigenvalue weighted by molar-refractivity contribution is 5.81. The molecule has 0 radical (unpaired) electrons. The van der Waals surface area contributed by atoms with Crippen LogP contribution in [0.15, 0.2) is 12.2 Å². The molecule has 0 heterocycles. The average Bonchev–Trinajstić information content (AvgIpc) is 2.40. The summed E-state index contributed by atoms with van der Waals surface area (Å²) in [4.78, 5) is 22.6. The van der Waals surface area contributed by atoms with Crippen molar-refractivity contribution < 1.29 is 19.1 Å². The number of methoxy groups -OCH3 is 2. The minimum absolute atomic E-state index is 0.0363. The summed E-state index contributed by atoms with van der Waals surface area (Å²) in [5.74, 6) is -1.33. The fraction of sp³-hybridized carbons (Fsp3) is 0.714. The minimum Gasteiger partial charge on any atom is -0.469 e. The molecule has 0 saturated heterocycles. The lowest BCUT2D eigenvalue weighted by Crippen LogP contribution is -2.18. The number of ether oxygens (including phenoxy) is 2. The lowest BCUT2D eigenvalue weighted by atomic mass is 10.0. The Hall–Kier alpha value is -1.32. The van der Waals surface area contributed by atoms with Crippen LogP contribution in [0.4, 0.5) is 0 Å². The second kappa shape index (κ2) is 10.8. The predicted molar refractivity (Wildman–Crippen MR) is 70.0 cm³/mol. The first kappa shape index (κ1) is 16.7. The SMILES string of the molecule is CCCCCC/C=C/C(CC(=O)OC)C(=O)OC. The first-order valence-electron chi connectivity index (χ1n) is 6.47. The molecule has 0 N–H and O–H groups in total. The van der Waals surface area contributed by atoms with E-state index in [0.29, 0.717) is 0 Å². The van der Waals surface area contributed by atoms with E-state index >= 15 is 0 Å². The molecule has 0 aromatic heterocycles. The van der Waals surface area contributed by atoms with Crippen molar-refractivity contribution in [3.63, 3.8) is 0 Å². The Balaban J connectivity index is 4.11. The van der Waals surface area contributed by atoms with Gasteiger partial charge in [0.05, 0.1) is 26.6 Å². The van der Waals surface area contributed by atoms with E-state index in [2.05, 4.69) is 16.4 Å². The zero-order chi connectivity index (χ0) is 13.8. The van der Waals surface area contributed by atoms with Gasteiger partial charge >= 0.3 is 11.9 Å². The maximum absolute atomic E-state index is 11.4. The zero-order valence-corrected chi connectivity index (χ0v) is 11.6. The maximum Gasteiger partial charge on any atom is 0.313 e. The molecule has 0 amide bonds. The van der Waals surface area contributed by atoms with E-state index in [4.69, 9.17) is 0 Å². The van der Waals surface area contributed by atoms with Crippen molar-refractivity contribution in [2.75, 3.05) is 14.2 Å². The Bertz CT molecular complexity index is 271. The molecule has 0 aliphatic heterocycles. The summed E-state index contributed by atoms with van der Waals surface area (Å²) in [6.07, 6.45) is 9.39. The van der Waals surface area contributed by atoms with Crippen LogP contribution in [-0.4, -0.2) is 26.2 Å². The fourth-order valence-corrected chi connectivity index (χ4v) is 1.59. The highest BCUT2D eigenvalue weighted by atomic mass is 16.5. The van der Waals surface area contributed by atoms with Gasteiger partial charge in [0.15, 0.2) is 0 Å². The molecular formula is C14H24O4. The van der Waals surface area contributed by atoms with Crippen LogP contribution in [0, 0.1) is 5.92 Å². The molecule has 0 aromatic carbocycles. The molecule has 1 unspecified atom stereocenters. The van der Waals surface area contributed by atoms with Gasteiger partial charge in [-0.2, -0.15) is 0 Å². The minimum atomic E-state index is -0.534. The van der Waals surface area contributed by atoms with E-state index < -0.39 is 17.9 Å². The van der Waals surface area contributed by atoms with Gasteiger partial charge in [0.2, 0.25) is 0 Å². The Morgan fingerprint density at radius 2 is 1.83 bits per heavy atom. The van der Waals surface area contributed by atoms with E-state index in [-0.39, 0.29) is 6.42 Å². The molecule has 1 atom stereocenters. The smallest absolute Gasteiger partial charge is 0.313 e. The molecule has 0 rings (SSSR count). The van der Waals surface area contributed by atoms with E-state index in [9.17, 15) is 9.59 Å². The summed E-state index contributed by atoms with van der Waals surface area (Å²) in [6.45, 7) is 2.17. The normalized spacial score (nSPS) is 12.4. The fourth-order valence-electron chi connectivity index (χ4n) is 1.59. The molecule has 18 heavy (non-hydrogen) atoms. The highest BCUT2D eigenvalue weighted by Gasteiger charge is 2.19. The van der Waals surface area contributed by atoms with Gasteiger partial charge < -0.3 is 9.47 Å². The Morgan fingerprint density at radius 1 is 1.11 bits per heavy atom. The second-order valence-electron chi connectivity index (χ2n) is 4.19. The third-order valence-electron chi connectivity index (χ3n) is 2.71. The van der Waals surface area contributed by atoms with Gasteiger partial charge in [-0.3, -0.25) is 9.59 Å². The number of unbranched alkanes of at least 4 members (excludes halogenated alkanes) is 4. The number of esters is 2. The molecule has 0 bridgehead atoms. The van der Waals surface area contributed by atoms with Crippen molar-refractivity contribution in [2.24, 2.45) is 5.92 Å². The van der Waals surface area contributed by atoms with E-state index in [1.54, 1.807) is 6.08 Å². The molecule has 0 aromatic rings. The molecule has 4 nitrogen and oxygen atoms in total. The number of hydrogen-bond donors (Lipinski definition) is 0. The first-order valence-corrected chi connectivity index (χ1v) is 6.47. The summed E-state index contributed by atoms with van der Waals surface area (Å²) >= 11 is 0. The molecule has 104 valence electrons. The molecule has 0 aliphatic carbocycles. The number of carbonyl (C=O) groups is 2. The third kappa shape index (κ3) is 7.87. The van der Waals surface area contributed by atoms with Gasteiger partial charge in [0, 0.05) is 0 Å². The van der Waals surface area contributed by atoms with Gasteiger partial charge in [0.25, 0.3) is 0 Å². The van der Waals surface area contributed by atoms with Crippen molar-refractivity contribution in [2.45, 2.75) is 45.4 Å². The van der Waals surface area contributed by atoms with Crippen molar-refractivity contribution in [3.8, 4) is 0 Å². The largest absolute Gasteiger partial charge is 0.469 e. The van der Waals surface area contributed by atoms with E-state index in [0.717, 1.165) is 12.8 Å². The lowest BCUT2D eigenvalue weighted by Gasteiger charge is -2.08. The topological polar surface area (TPSA) is 52.6 Å². The molecule has 0 saturated carbocycles. The molecule has 0 spiro atoms.